The Morgan fingerprint density at radius 2 is 1.91 bits per heavy atom. The molecule has 1 aromatic carbocycles. The Morgan fingerprint density at radius 1 is 1.30 bits per heavy atom. The molecule has 0 radical (unpaired) electrons. The van der Waals surface area contributed by atoms with Gasteiger partial charge >= 0.3 is 5.97 Å². The van der Waals surface area contributed by atoms with Crippen molar-refractivity contribution in [1.82, 2.24) is 10.2 Å². The number of rotatable bonds is 5. The summed E-state index contributed by atoms with van der Waals surface area (Å²) in [6, 6.07) is 5.34. The third-order valence-corrected chi connectivity index (χ3v) is 4.84. The average molecular weight is 336 g/mol. The SMILES string of the molecule is CCC(C)NC(=O)C1CSCN1C(=O)c1ccc(C(=O)O)cc1. The number of carboxylic acid groups (broad SMARTS) is 1. The molecular weight excluding hydrogens is 316 g/mol. The highest BCUT2D eigenvalue weighted by atomic mass is 32.2. The van der Waals surface area contributed by atoms with Crippen molar-refractivity contribution in [1.29, 1.82) is 0 Å². The molecule has 0 aromatic heterocycles. The van der Waals surface area contributed by atoms with Gasteiger partial charge in [-0.25, -0.2) is 4.79 Å². The van der Waals surface area contributed by atoms with Crippen LogP contribution >= 0.6 is 11.8 Å². The lowest BCUT2D eigenvalue weighted by molar-refractivity contribution is -0.125. The minimum Gasteiger partial charge on any atom is -0.478 e. The van der Waals surface area contributed by atoms with E-state index in [1.165, 1.54) is 40.9 Å². The number of nitrogens with one attached hydrogen (secondary N) is 1. The van der Waals surface area contributed by atoms with Crippen LogP contribution in [0.25, 0.3) is 0 Å². The minimum absolute atomic E-state index is 0.0694. The van der Waals surface area contributed by atoms with Crippen LogP contribution in [-0.4, -0.2) is 51.5 Å². The summed E-state index contributed by atoms with van der Waals surface area (Å²) in [6.07, 6.45) is 0.830. The number of nitrogens with zero attached hydrogens (tertiary/aromatic N) is 1. The number of carbonyl (C=O) groups is 3. The Hall–Kier alpha value is -2.02. The smallest absolute Gasteiger partial charge is 0.335 e. The molecule has 0 bridgehead atoms. The molecule has 1 saturated heterocycles. The molecule has 6 nitrogen and oxygen atoms in total. The lowest BCUT2D eigenvalue weighted by atomic mass is 10.1. The van der Waals surface area contributed by atoms with E-state index < -0.39 is 12.0 Å². The number of hydrogen-bond donors (Lipinski definition) is 2. The molecule has 2 rings (SSSR count). The molecule has 124 valence electrons. The normalized spacial score (nSPS) is 18.5. The molecule has 0 saturated carbocycles. The Balaban J connectivity index is 2.11. The van der Waals surface area contributed by atoms with E-state index in [1.54, 1.807) is 0 Å². The van der Waals surface area contributed by atoms with Crippen molar-refractivity contribution >= 4 is 29.5 Å². The standard InChI is InChI=1S/C16H20N2O4S/c1-3-10(2)17-14(19)13-8-23-9-18(13)15(20)11-4-6-12(7-5-11)16(21)22/h4-7,10,13H,3,8-9H2,1-2H3,(H,17,19)(H,21,22). The van der Waals surface area contributed by atoms with E-state index in [0.717, 1.165) is 6.42 Å². The van der Waals surface area contributed by atoms with Crippen LogP contribution in [0, 0.1) is 0 Å². The van der Waals surface area contributed by atoms with Gasteiger partial charge < -0.3 is 15.3 Å². The van der Waals surface area contributed by atoms with E-state index >= 15 is 0 Å². The first-order valence-corrected chi connectivity index (χ1v) is 8.62. The van der Waals surface area contributed by atoms with Gasteiger partial charge in [0.25, 0.3) is 5.91 Å². The molecule has 1 fully saturated rings. The lowest BCUT2D eigenvalue weighted by Gasteiger charge is -2.24. The van der Waals surface area contributed by atoms with Crippen molar-refractivity contribution in [2.24, 2.45) is 0 Å². The molecule has 2 atom stereocenters. The summed E-state index contributed by atoms with van der Waals surface area (Å²) in [5.74, 6) is -0.401. The molecule has 1 aliphatic heterocycles. The van der Waals surface area contributed by atoms with E-state index in [0.29, 0.717) is 17.2 Å². The van der Waals surface area contributed by atoms with Gasteiger partial charge in [-0.1, -0.05) is 6.92 Å². The van der Waals surface area contributed by atoms with E-state index in [1.807, 2.05) is 13.8 Å². The quantitative estimate of drug-likeness (QED) is 0.856. The summed E-state index contributed by atoms with van der Waals surface area (Å²) in [5.41, 5.74) is 0.516. The predicted molar refractivity (Wildman–Crippen MR) is 88.6 cm³/mol. The van der Waals surface area contributed by atoms with Crippen molar-refractivity contribution in [3.05, 3.63) is 35.4 Å². The van der Waals surface area contributed by atoms with Crippen molar-refractivity contribution in [2.45, 2.75) is 32.4 Å². The van der Waals surface area contributed by atoms with Crippen LogP contribution in [0.5, 0.6) is 0 Å². The first kappa shape index (κ1) is 17.3. The Labute approximate surface area is 139 Å². The predicted octanol–water partition coefficient (Wildman–Crippen LogP) is 1.81. The zero-order chi connectivity index (χ0) is 17.0. The topological polar surface area (TPSA) is 86.7 Å². The number of thioether (sulfide) groups is 1. The minimum atomic E-state index is -1.04. The number of carboxylic acids is 1. The van der Waals surface area contributed by atoms with Gasteiger partial charge in [0.05, 0.1) is 11.4 Å². The molecule has 2 amide bonds. The molecule has 7 heteroatoms. The van der Waals surface area contributed by atoms with E-state index in [2.05, 4.69) is 5.32 Å². The van der Waals surface area contributed by atoms with Crippen molar-refractivity contribution in [2.75, 3.05) is 11.6 Å². The molecule has 0 aliphatic carbocycles. The number of aromatic carboxylic acids is 1. The van der Waals surface area contributed by atoms with Crippen LogP contribution in [0.1, 0.15) is 41.0 Å². The van der Waals surface area contributed by atoms with Gasteiger partial charge in [0.1, 0.15) is 6.04 Å². The van der Waals surface area contributed by atoms with Crippen LogP contribution in [-0.2, 0) is 4.79 Å². The van der Waals surface area contributed by atoms with Gasteiger partial charge in [0, 0.05) is 17.4 Å². The summed E-state index contributed by atoms with van der Waals surface area (Å²) in [4.78, 5) is 37.3. The van der Waals surface area contributed by atoms with E-state index in [4.69, 9.17) is 5.11 Å². The van der Waals surface area contributed by atoms with Gasteiger partial charge in [0.2, 0.25) is 5.91 Å². The third-order valence-electron chi connectivity index (χ3n) is 3.83. The highest BCUT2D eigenvalue weighted by Crippen LogP contribution is 2.23. The van der Waals surface area contributed by atoms with Gasteiger partial charge in [-0.05, 0) is 37.6 Å². The third kappa shape index (κ3) is 4.04. The van der Waals surface area contributed by atoms with Crippen molar-refractivity contribution < 1.29 is 19.5 Å². The fraction of sp³-hybridized carbons (Fsp3) is 0.438. The molecule has 1 aromatic rings. The maximum absolute atomic E-state index is 12.6. The van der Waals surface area contributed by atoms with Crippen LogP contribution in [0.15, 0.2) is 24.3 Å². The lowest BCUT2D eigenvalue weighted by Crippen LogP contribution is -2.49. The summed E-state index contributed by atoms with van der Waals surface area (Å²) < 4.78 is 0. The summed E-state index contributed by atoms with van der Waals surface area (Å²) in [5, 5.41) is 11.8. The van der Waals surface area contributed by atoms with Gasteiger partial charge in [-0.2, -0.15) is 0 Å². The number of amides is 2. The number of benzene rings is 1. The molecule has 1 heterocycles. The van der Waals surface area contributed by atoms with Crippen LogP contribution < -0.4 is 5.32 Å². The second-order valence-corrected chi connectivity index (χ2v) is 6.49. The van der Waals surface area contributed by atoms with Crippen molar-refractivity contribution in [3.8, 4) is 0 Å². The number of hydrogen-bond acceptors (Lipinski definition) is 4. The van der Waals surface area contributed by atoms with Crippen LogP contribution in [0.4, 0.5) is 0 Å². The van der Waals surface area contributed by atoms with Gasteiger partial charge in [-0.3, -0.25) is 9.59 Å². The Kier molecular flexibility index (Phi) is 5.65. The van der Waals surface area contributed by atoms with Gasteiger partial charge in [-0.15, -0.1) is 11.8 Å². The van der Waals surface area contributed by atoms with Crippen LogP contribution in [0.2, 0.25) is 0 Å². The maximum Gasteiger partial charge on any atom is 0.335 e. The summed E-state index contributed by atoms with van der Waals surface area (Å²) in [6.45, 7) is 3.91. The zero-order valence-electron chi connectivity index (χ0n) is 13.1. The summed E-state index contributed by atoms with van der Waals surface area (Å²) >= 11 is 1.53. The maximum atomic E-state index is 12.6. The molecule has 23 heavy (non-hydrogen) atoms. The Morgan fingerprint density at radius 3 is 2.48 bits per heavy atom. The highest BCUT2D eigenvalue weighted by molar-refractivity contribution is 7.99. The monoisotopic (exact) mass is 336 g/mol. The van der Waals surface area contributed by atoms with Crippen LogP contribution in [0.3, 0.4) is 0 Å². The molecular formula is C16H20N2O4S. The van der Waals surface area contributed by atoms with E-state index in [-0.39, 0.29) is 23.4 Å². The fourth-order valence-corrected chi connectivity index (χ4v) is 3.38. The molecule has 0 spiro atoms. The first-order valence-electron chi connectivity index (χ1n) is 7.46. The van der Waals surface area contributed by atoms with Gasteiger partial charge in [0.15, 0.2) is 0 Å². The molecule has 2 unspecified atom stereocenters. The number of carbonyl (C=O) groups excluding carboxylic acids is 2. The molecule has 2 N–H and O–H groups in total. The van der Waals surface area contributed by atoms with Crippen molar-refractivity contribution in [3.63, 3.8) is 0 Å². The summed E-state index contributed by atoms with van der Waals surface area (Å²) in [7, 11) is 0. The largest absolute Gasteiger partial charge is 0.478 e. The zero-order valence-corrected chi connectivity index (χ0v) is 13.9. The first-order chi connectivity index (χ1) is 10.9. The molecule has 1 aliphatic rings. The second kappa shape index (κ2) is 7.50. The average Bonchev–Trinajstić information content (AvgIpc) is 3.03. The second-order valence-electron chi connectivity index (χ2n) is 5.49. The Bertz CT molecular complexity index is 603. The van der Waals surface area contributed by atoms with E-state index in [9.17, 15) is 14.4 Å². The highest BCUT2D eigenvalue weighted by Gasteiger charge is 2.35. The fourth-order valence-electron chi connectivity index (χ4n) is 2.22.